The van der Waals surface area contributed by atoms with Gasteiger partial charge in [0.15, 0.2) is 5.16 Å². The Morgan fingerprint density at radius 3 is 2.17 bits per heavy atom. The summed E-state index contributed by atoms with van der Waals surface area (Å²) in [7, 11) is 3.34. The van der Waals surface area contributed by atoms with E-state index >= 15 is 0 Å². The Bertz CT molecular complexity index is 1080. The Hall–Kier alpha value is -2.97. The zero-order valence-corrected chi connectivity index (χ0v) is 22.4. The quantitative estimate of drug-likeness (QED) is 0.211. The van der Waals surface area contributed by atoms with E-state index in [-0.39, 0.29) is 5.91 Å². The Morgan fingerprint density at radius 1 is 0.944 bits per heavy atom. The van der Waals surface area contributed by atoms with Crippen molar-refractivity contribution >= 4 is 17.7 Å². The van der Waals surface area contributed by atoms with Crippen LogP contribution in [-0.4, -0.2) is 48.5 Å². The Balaban J connectivity index is 1.73. The number of carbonyl (C=O) groups is 1. The van der Waals surface area contributed by atoms with Crippen LogP contribution >= 0.6 is 11.8 Å². The number of imidazole rings is 1. The molecule has 0 saturated heterocycles. The highest BCUT2D eigenvalue weighted by molar-refractivity contribution is 7.99. The molecule has 1 aromatic heterocycles. The number of thioether (sulfide) groups is 1. The number of nitrogens with zero attached hydrogens (tertiary/aromatic N) is 2. The standard InChI is InChI=1S/C28H38N4O3S/c1-4-32-27(22-12-16-24(35-3)17-13-22)26(21-10-14-23(34-2)15-11-21)31-28(32)36-20-8-19-30-25(33)9-6-5-7-18-29/h10-17H,4-9,18-20,29H2,1-3H3,(H,30,33). The topological polar surface area (TPSA) is 91.4 Å². The van der Waals surface area contributed by atoms with Crippen molar-refractivity contribution in [3.05, 3.63) is 48.5 Å². The first-order valence-electron chi connectivity index (χ1n) is 12.6. The molecule has 36 heavy (non-hydrogen) atoms. The van der Waals surface area contributed by atoms with Gasteiger partial charge in [0.05, 0.1) is 25.6 Å². The van der Waals surface area contributed by atoms with Gasteiger partial charge in [0.2, 0.25) is 5.91 Å². The summed E-state index contributed by atoms with van der Waals surface area (Å²) in [5.74, 6) is 2.63. The largest absolute Gasteiger partial charge is 0.497 e. The summed E-state index contributed by atoms with van der Waals surface area (Å²) in [6, 6.07) is 16.1. The van der Waals surface area contributed by atoms with Crippen LogP contribution in [0.5, 0.6) is 11.5 Å². The number of methoxy groups -OCH3 is 2. The third-order valence-corrected chi connectivity index (χ3v) is 7.02. The highest BCUT2D eigenvalue weighted by Gasteiger charge is 2.20. The summed E-state index contributed by atoms with van der Waals surface area (Å²) in [4.78, 5) is 17.1. The van der Waals surface area contributed by atoms with E-state index in [1.807, 2.05) is 36.4 Å². The maximum atomic E-state index is 12.0. The summed E-state index contributed by atoms with van der Waals surface area (Å²) in [6.07, 6.45) is 4.33. The summed E-state index contributed by atoms with van der Waals surface area (Å²) >= 11 is 1.72. The number of nitrogens with one attached hydrogen (secondary N) is 1. The second-order valence-corrected chi connectivity index (χ2v) is 9.51. The van der Waals surface area contributed by atoms with Crippen molar-refractivity contribution in [3.8, 4) is 34.0 Å². The number of unbranched alkanes of at least 4 members (excludes halogenated alkanes) is 2. The predicted molar refractivity (Wildman–Crippen MR) is 148 cm³/mol. The van der Waals surface area contributed by atoms with E-state index in [1.165, 1.54) is 0 Å². The van der Waals surface area contributed by atoms with Gasteiger partial charge in [-0.3, -0.25) is 4.79 Å². The van der Waals surface area contributed by atoms with E-state index in [0.717, 1.165) is 77.2 Å². The number of amides is 1. The van der Waals surface area contributed by atoms with Gasteiger partial charge in [-0.2, -0.15) is 0 Å². The van der Waals surface area contributed by atoms with Gasteiger partial charge in [0, 0.05) is 36.4 Å². The summed E-state index contributed by atoms with van der Waals surface area (Å²) in [6.45, 7) is 4.30. The molecule has 0 bridgehead atoms. The molecule has 0 radical (unpaired) electrons. The van der Waals surface area contributed by atoms with Crippen LogP contribution in [-0.2, 0) is 11.3 Å². The molecule has 0 atom stereocenters. The van der Waals surface area contributed by atoms with Crippen molar-refractivity contribution in [1.82, 2.24) is 14.9 Å². The van der Waals surface area contributed by atoms with Crippen LogP contribution < -0.4 is 20.5 Å². The van der Waals surface area contributed by atoms with E-state index in [4.69, 9.17) is 20.2 Å². The Labute approximate surface area is 218 Å². The molecule has 0 aliphatic heterocycles. The highest BCUT2D eigenvalue weighted by atomic mass is 32.2. The molecule has 8 heteroatoms. The zero-order chi connectivity index (χ0) is 25.8. The van der Waals surface area contributed by atoms with Gasteiger partial charge in [-0.05, 0) is 81.3 Å². The first-order chi connectivity index (χ1) is 17.6. The summed E-state index contributed by atoms with van der Waals surface area (Å²) < 4.78 is 13.0. The van der Waals surface area contributed by atoms with Crippen molar-refractivity contribution in [2.45, 2.75) is 50.7 Å². The molecule has 0 aliphatic rings. The minimum atomic E-state index is 0.121. The molecular weight excluding hydrogens is 472 g/mol. The molecule has 0 fully saturated rings. The van der Waals surface area contributed by atoms with Crippen LogP contribution in [0, 0.1) is 0 Å². The van der Waals surface area contributed by atoms with Crippen LogP contribution in [0.25, 0.3) is 22.5 Å². The van der Waals surface area contributed by atoms with Crippen LogP contribution in [0.4, 0.5) is 0 Å². The second-order valence-electron chi connectivity index (χ2n) is 8.44. The van der Waals surface area contributed by atoms with Crippen LogP contribution in [0.3, 0.4) is 0 Å². The van der Waals surface area contributed by atoms with Gasteiger partial charge < -0.3 is 25.1 Å². The molecule has 3 N–H and O–H groups in total. The molecule has 1 amide bonds. The van der Waals surface area contributed by atoms with Gasteiger partial charge >= 0.3 is 0 Å². The minimum absolute atomic E-state index is 0.121. The summed E-state index contributed by atoms with van der Waals surface area (Å²) in [5.41, 5.74) is 9.66. The number of carbonyl (C=O) groups excluding carboxylic acids is 1. The fourth-order valence-corrected chi connectivity index (χ4v) is 4.99. The smallest absolute Gasteiger partial charge is 0.219 e. The lowest BCUT2D eigenvalue weighted by Gasteiger charge is -2.12. The molecule has 7 nitrogen and oxygen atoms in total. The zero-order valence-electron chi connectivity index (χ0n) is 21.6. The van der Waals surface area contributed by atoms with E-state index in [0.29, 0.717) is 19.5 Å². The van der Waals surface area contributed by atoms with E-state index in [2.05, 4.69) is 28.9 Å². The third-order valence-electron chi connectivity index (χ3n) is 5.96. The normalized spacial score (nSPS) is 10.9. The molecule has 0 unspecified atom stereocenters. The molecule has 2 aromatic carbocycles. The Morgan fingerprint density at radius 2 is 1.58 bits per heavy atom. The number of rotatable bonds is 15. The number of ether oxygens (including phenoxy) is 2. The number of hydrogen-bond acceptors (Lipinski definition) is 6. The van der Waals surface area contributed by atoms with Gasteiger partial charge in [0.25, 0.3) is 0 Å². The van der Waals surface area contributed by atoms with Gasteiger partial charge in [0.1, 0.15) is 11.5 Å². The van der Waals surface area contributed by atoms with Crippen molar-refractivity contribution in [1.29, 1.82) is 0 Å². The number of benzene rings is 2. The van der Waals surface area contributed by atoms with Gasteiger partial charge in [-0.25, -0.2) is 4.98 Å². The maximum absolute atomic E-state index is 12.0. The lowest BCUT2D eigenvalue weighted by Crippen LogP contribution is -2.24. The lowest BCUT2D eigenvalue weighted by atomic mass is 10.0. The minimum Gasteiger partial charge on any atom is -0.497 e. The van der Waals surface area contributed by atoms with E-state index in [9.17, 15) is 4.79 Å². The van der Waals surface area contributed by atoms with Gasteiger partial charge in [-0.15, -0.1) is 0 Å². The third kappa shape index (κ3) is 7.51. The second kappa shape index (κ2) is 14.6. The van der Waals surface area contributed by atoms with Crippen molar-refractivity contribution < 1.29 is 14.3 Å². The predicted octanol–water partition coefficient (Wildman–Crippen LogP) is 5.37. The fourth-order valence-electron chi connectivity index (χ4n) is 3.99. The van der Waals surface area contributed by atoms with Gasteiger partial charge in [-0.1, -0.05) is 18.2 Å². The van der Waals surface area contributed by atoms with E-state index < -0.39 is 0 Å². The number of aromatic nitrogens is 2. The van der Waals surface area contributed by atoms with Crippen molar-refractivity contribution in [3.63, 3.8) is 0 Å². The average Bonchev–Trinajstić information content (AvgIpc) is 3.29. The van der Waals surface area contributed by atoms with Crippen LogP contribution in [0.2, 0.25) is 0 Å². The highest BCUT2D eigenvalue weighted by Crippen LogP contribution is 2.37. The first-order valence-corrected chi connectivity index (χ1v) is 13.6. The monoisotopic (exact) mass is 510 g/mol. The molecule has 0 saturated carbocycles. The molecular formula is C28H38N4O3S. The molecule has 1 heterocycles. The molecule has 3 aromatic rings. The average molecular weight is 511 g/mol. The lowest BCUT2D eigenvalue weighted by molar-refractivity contribution is -0.121. The molecule has 0 spiro atoms. The molecule has 194 valence electrons. The SMILES string of the molecule is CCn1c(SCCCNC(=O)CCCCCN)nc(-c2ccc(OC)cc2)c1-c1ccc(OC)cc1. The molecule has 3 rings (SSSR count). The molecule has 0 aliphatic carbocycles. The number of nitrogens with two attached hydrogens (primary N) is 1. The van der Waals surface area contributed by atoms with Crippen molar-refractivity contribution in [2.75, 3.05) is 33.1 Å². The van der Waals surface area contributed by atoms with Crippen LogP contribution in [0.15, 0.2) is 53.7 Å². The maximum Gasteiger partial charge on any atom is 0.219 e. The number of hydrogen-bond donors (Lipinski definition) is 2. The van der Waals surface area contributed by atoms with Crippen molar-refractivity contribution in [2.24, 2.45) is 5.73 Å². The summed E-state index contributed by atoms with van der Waals surface area (Å²) in [5, 5.41) is 4.00. The Kier molecular flexibility index (Phi) is 11.2. The fraction of sp³-hybridized carbons (Fsp3) is 0.429. The first kappa shape index (κ1) is 27.6. The van der Waals surface area contributed by atoms with Crippen LogP contribution in [0.1, 0.15) is 39.0 Å². The van der Waals surface area contributed by atoms with E-state index in [1.54, 1.807) is 26.0 Å².